The van der Waals surface area contributed by atoms with E-state index in [4.69, 9.17) is 11.6 Å². The molecule has 0 heterocycles. The molecule has 0 bridgehead atoms. The first-order chi connectivity index (χ1) is 9.19. The van der Waals surface area contributed by atoms with Crippen LogP contribution in [0.2, 0.25) is 0 Å². The molecule has 2 aromatic rings. The molecule has 2 nitrogen and oxygen atoms in total. The number of nitrogens with one attached hydrogen (secondary N) is 1. The predicted octanol–water partition coefficient (Wildman–Crippen LogP) is 4.12. The number of rotatable bonds is 4. The quantitative estimate of drug-likeness (QED) is 0.835. The van der Waals surface area contributed by atoms with Crippen LogP contribution in [0.25, 0.3) is 0 Å². The Kier molecular flexibility index (Phi) is 5.00. The fraction of sp³-hybridized carbons (Fsp3) is 0.133. The van der Waals surface area contributed by atoms with Crippen molar-refractivity contribution < 1.29 is 4.79 Å². The molecule has 1 amide bonds. The van der Waals surface area contributed by atoms with E-state index in [1.807, 2.05) is 36.4 Å². The topological polar surface area (TPSA) is 29.1 Å². The van der Waals surface area contributed by atoms with E-state index in [0.29, 0.717) is 18.0 Å². The summed E-state index contributed by atoms with van der Waals surface area (Å²) in [6, 6.07) is 15.2. The monoisotopic (exact) mass is 337 g/mol. The third-order valence-corrected chi connectivity index (χ3v) is 3.57. The fourth-order valence-electron chi connectivity index (χ4n) is 1.63. The molecular formula is C15H13BrClNO. The smallest absolute Gasteiger partial charge is 0.251 e. The summed E-state index contributed by atoms with van der Waals surface area (Å²) in [6.45, 7) is 0.511. The largest absolute Gasteiger partial charge is 0.348 e. The first kappa shape index (κ1) is 14.1. The van der Waals surface area contributed by atoms with Gasteiger partial charge in [0.15, 0.2) is 0 Å². The first-order valence-corrected chi connectivity index (χ1v) is 7.19. The number of alkyl halides is 1. The summed E-state index contributed by atoms with van der Waals surface area (Å²) in [5.74, 6) is 0.430. The normalized spacial score (nSPS) is 10.2. The van der Waals surface area contributed by atoms with Crippen molar-refractivity contribution >= 4 is 33.4 Å². The van der Waals surface area contributed by atoms with Crippen molar-refractivity contribution in [2.45, 2.75) is 12.4 Å². The zero-order valence-corrected chi connectivity index (χ0v) is 12.5. The number of halogens is 2. The van der Waals surface area contributed by atoms with Gasteiger partial charge in [-0.25, -0.2) is 0 Å². The Morgan fingerprint density at radius 2 is 1.58 bits per heavy atom. The Labute approximate surface area is 125 Å². The third kappa shape index (κ3) is 4.08. The van der Waals surface area contributed by atoms with Crippen molar-refractivity contribution in [3.8, 4) is 0 Å². The van der Waals surface area contributed by atoms with Crippen molar-refractivity contribution in [1.29, 1.82) is 0 Å². The minimum Gasteiger partial charge on any atom is -0.348 e. The summed E-state index contributed by atoms with van der Waals surface area (Å²) >= 11 is 9.07. The molecule has 0 aliphatic heterocycles. The molecule has 0 radical (unpaired) electrons. The zero-order valence-electron chi connectivity index (χ0n) is 10.2. The summed E-state index contributed by atoms with van der Waals surface area (Å²) in [4.78, 5) is 11.9. The van der Waals surface area contributed by atoms with E-state index in [2.05, 4.69) is 21.2 Å². The average Bonchev–Trinajstić information content (AvgIpc) is 2.46. The van der Waals surface area contributed by atoms with Crippen LogP contribution in [-0.4, -0.2) is 5.91 Å². The molecule has 0 unspecified atom stereocenters. The molecule has 4 heteroatoms. The molecule has 1 N–H and O–H groups in total. The van der Waals surface area contributed by atoms with Gasteiger partial charge in [0.05, 0.1) is 0 Å². The van der Waals surface area contributed by atoms with E-state index < -0.39 is 0 Å². The van der Waals surface area contributed by atoms with Gasteiger partial charge in [-0.05, 0) is 35.4 Å². The summed E-state index contributed by atoms with van der Waals surface area (Å²) in [5.41, 5.74) is 2.78. The van der Waals surface area contributed by atoms with Gasteiger partial charge in [-0.3, -0.25) is 4.79 Å². The fourth-order valence-corrected chi connectivity index (χ4v) is 2.07. The lowest BCUT2D eigenvalue weighted by Gasteiger charge is -2.06. The number of carbonyl (C=O) groups excluding carboxylic acids is 1. The first-order valence-electron chi connectivity index (χ1n) is 5.86. The second-order valence-corrected chi connectivity index (χ2v) is 5.32. The molecule has 0 saturated carbocycles. The van der Waals surface area contributed by atoms with Gasteiger partial charge in [-0.15, -0.1) is 11.6 Å². The number of carbonyl (C=O) groups is 1. The number of hydrogen-bond acceptors (Lipinski definition) is 1. The molecular weight excluding hydrogens is 326 g/mol. The number of amides is 1. The van der Waals surface area contributed by atoms with Crippen LogP contribution in [0.3, 0.4) is 0 Å². The molecule has 0 aliphatic carbocycles. The lowest BCUT2D eigenvalue weighted by atomic mass is 10.1. The van der Waals surface area contributed by atoms with Gasteiger partial charge >= 0.3 is 0 Å². The molecule has 0 fully saturated rings. The van der Waals surface area contributed by atoms with Crippen molar-refractivity contribution in [2.24, 2.45) is 0 Å². The second-order valence-electron chi connectivity index (χ2n) is 4.14. The van der Waals surface area contributed by atoms with E-state index >= 15 is 0 Å². The van der Waals surface area contributed by atoms with Crippen LogP contribution in [-0.2, 0) is 12.4 Å². The standard InChI is InChI=1S/C15H13BrClNO/c16-14-7-5-13(6-8-14)15(19)18-10-12-3-1-11(9-17)2-4-12/h1-8H,9-10H2,(H,18,19). The molecule has 0 aliphatic rings. The van der Waals surface area contributed by atoms with Crippen LogP contribution in [0.5, 0.6) is 0 Å². The summed E-state index contributed by atoms with van der Waals surface area (Å²) < 4.78 is 0.959. The Morgan fingerprint density at radius 1 is 1.00 bits per heavy atom. The Bertz CT molecular complexity index is 551. The highest BCUT2D eigenvalue weighted by Gasteiger charge is 2.04. The van der Waals surface area contributed by atoms with Crippen LogP contribution >= 0.6 is 27.5 Å². The summed E-state index contributed by atoms with van der Waals surface area (Å²) in [5, 5.41) is 2.88. The maximum absolute atomic E-state index is 11.9. The lowest BCUT2D eigenvalue weighted by Crippen LogP contribution is -2.22. The molecule has 0 saturated heterocycles. The van der Waals surface area contributed by atoms with Crippen molar-refractivity contribution in [2.75, 3.05) is 0 Å². The van der Waals surface area contributed by atoms with Crippen molar-refractivity contribution in [1.82, 2.24) is 5.32 Å². The van der Waals surface area contributed by atoms with Gasteiger partial charge in [0.25, 0.3) is 5.91 Å². The van der Waals surface area contributed by atoms with Gasteiger partial charge in [0.1, 0.15) is 0 Å². The Balaban J connectivity index is 1.94. The zero-order chi connectivity index (χ0) is 13.7. The average molecular weight is 339 g/mol. The molecule has 2 aromatic carbocycles. The van der Waals surface area contributed by atoms with Gasteiger partial charge in [-0.2, -0.15) is 0 Å². The van der Waals surface area contributed by atoms with E-state index in [0.717, 1.165) is 15.6 Å². The van der Waals surface area contributed by atoms with Crippen LogP contribution in [0, 0.1) is 0 Å². The predicted molar refractivity (Wildman–Crippen MR) is 81.3 cm³/mol. The van der Waals surface area contributed by atoms with Crippen molar-refractivity contribution in [3.63, 3.8) is 0 Å². The molecule has 98 valence electrons. The van der Waals surface area contributed by atoms with Crippen LogP contribution in [0.15, 0.2) is 53.0 Å². The molecule has 0 atom stereocenters. The highest BCUT2D eigenvalue weighted by molar-refractivity contribution is 9.10. The maximum Gasteiger partial charge on any atom is 0.251 e. The highest BCUT2D eigenvalue weighted by Crippen LogP contribution is 2.11. The van der Waals surface area contributed by atoms with Crippen molar-refractivity contribution in [3.05, 3.63) is 69.7 Å². The van der Waals surface area contributed by atoms with E-state index in [-0.39, 0.29) is 5.91 Å². The number of benzene rings is 2. The van der Waals surface area contributed by atoms with Gasteiger partial charge < -0.3 is 5.32 Å². The third-order valence-electron chi connectivity index (χ3n) is 2.74. The van der Waals surface area contributed by atoms with E-state index in [1.165, 1.54) is 0 Å². The minimum atomic E-state index is -0.0751. The SMILES string of the molecule is O=C(NCc1ccc(CCl)cc1)c1ccc(Br)cc1. The van der Waals surface area contributed by atoms with Crippen LogP contribution < -0.4 is 5.32 Å². The van der Waals surface area contributed by atoms with Crippen LogP contribution in [0.1, 0.15) is 21.5 Å². The van der Waals surface area contributed by atoms with Crippen LogP contribution in [0.4, 0.5) is 0 Å². The molecule has 0 aromatic heterocycles. The Morgan fingerprint density at radius 3 is 2.16 bits per heavy atom. The minimum absolute atomic E-state index is 0.0751. The number of hydrogen-bond donors (Lipinski definition) is 1. The molecule has 0 spiro atoms. The highest BCUT2D eigenvalue weighted by atomic mass is 79.9. The van der Waals surface area contributed by atoms with E-state index in [9.17, 15) is 4.79 Å². The maximum atomic E-state index is 11.9. The lowest BCUT2D eigenvalue weighted by molar-refractivity contribution is 0.0951. The summed E-state index contributed by atoms with van der Waals surface area (Å²) in [6.07, 6.45) is 0. The van der Waals surface area contributed by atoms with Gasteiger partial charge in [-0.1, -0.05) is 40.2 Å². The van der Waals surface area contributed by atoms with Gasteiger partial charge in [0.2, 0.25) is 0 Å². The summed E-state index contributed by atoms with van der Waals surface area (Å²) in [7, 11) is 0. The van der Waals surface area contributed by atoms with E-state index in [1.54, 1.807) is 12.1 Å². The molecule has 2 rings (SSSR count). The van der Waals surface area contributed by atoms with Gasteiger partial charge in [0, 0.05) is 22.5 Å². The second kappa shape index (κ2) is 6.73. The molecule has 19 heavy (non-hydrogen) atoms. The Hall–Kier alpha value is -1.32.